The van der Waals surface area contributed by atoms with Crippen molar-refractivity contribution in [3.63, 3.8) is 0 Å². The van der Waals surface area contributed by atoms with E-state index in [1.807, 2.05) is 18.9 Å². The normalized spacial score (nSPS) is 24.4. The van der Waals surface area contributed by atoms with Gasteiger partial charge in [0.25, 0.3) is 0 Å². The Morgan fingerprint density at radius 1 is 1.31 bits per heavy atom. The first kappa shape index (κ1) is 25.6. The van der Waals surface area contributed by atoms with Crippen LogP contribution in [0.3, 0.4) is 0 Å². The molecule has 3 N–H and O–H groups in total. The van der Waals surface area contributed by atoms with Gasteiger partial charge in [0.2, 0.25) is 11.8 Å². The summed E-state index contributed by atoms with van der Waals surface area (Å²) in [5.74, 6) is -5.65. The number of alkyl halides is 5. The standard InChI is InChI=1S/C23H31F5N6O/c1-3-33(2)18-10-19-31-17(20(29)13-4-6-22(24,25)7-5-13)12-34(19)32-16(18)9-14-8-15(23(26,27)28)11-30-21(14)35/h10,12-15,20H,3-9,11,29H2,1-2H3,(H,30,35)/t14?,15-,20+/m1/s1. The summed E-state index contributed by atoms with van der Waals surface area (Å²) in [6.07, 6.45) is -2.77. The third kappa shape index (κ3) is 5.52. The highest BCUT2D eigenvalue weighted by Crippen LogP contribution is 2.40. The molecule has 2 aromatic rings. The number of rotatable bonds is 6. The Kier molecular flexibility index (Phi) is 6.96. The van der Waals surface area contributed by atoms with Crippen molar-refractivity contribution < 1.29 is 26.7 Å². The van der Waals surface area contributed by atoms with Crippen LogP contribution in [0.25, 0.3) is 5.65 Å². The van der Waals surface area contributed by atoms with Gasteiger partial charge >= 0.3 is 6.18 Å². The van der Waals surface area contributed by atoms with E-state index >= 15 is 0 Å². The lowest BCUT2D eigenvalue weighted by atomic mass is 9.81. The van der Waals surface area contributed by atoms with E-state index in [1.54, 1.807) is 12.3 Å². The molecule has 3 atom stereocenters. The number of imidazole rings is 1. The molecule has 0 bridgehead atoms. The summed E-state index contributed by atoms with van der Waals surface area (Å²) < 4.78 is 68.5. The van der Waals surface area contributed by atoms with E-state index in [1.165, 1.54) is 4.52 Å². The topological polar surface area (TPSA) is 88.6 Å². The Morgan fingerprint density at radius 2 is 2.00 bits per heavy atom. The minimum atomic E-state index is -4.38. The van der Waals surface area contributed by atoms with E-state index in [0.29, 0.717) is 42.1 Å². The van der Waals surface area contributed by atoms with Crippen LogP contribution in [0.15, 0.2) is 12.3 Å². The molecule has 1 saturated heterocycles. The number of halogens is 5. The third-order valence-corrected chi connectivity index (χ3v) is 7.38. The van der Waals surface area contributed by atoms with E-state index in [2.05, 4.69) is 15.4 Å². The van der Waals surface area contributed by atoms with Gasteiger partial charge in [-0.2, -0.15) is 18.3 Å². The number of hydrogen-bond donors (Lipinski definition) is 2. The van der Waals surface area contributed by atoms with Gasteiger partial charge in [-0.15, -0.1) is 0 Å². The van der Waals surface area contributed by atoms with Gasteiger partial charge in [-0.3, -0.25) is 4.79 Å². The first-order valence-corrected chi connectivity index (χ1v) is 12.0. The van der Waals surface area contributed by atoms with Crippen molar-refractivity contribution in [1.82, 2.24) is 19.9 Å². The molecule has 1 aliphatic carbocycles. The number of hydrogen-bond acceptors (Lipinski definition) is 5. The van der Waals surface area contributed by atoms with Gasteiger partial charge < -0.3 is 16.0 Å². The van der Waals surface area contributed by atoms with Crippen molar-refractivity contribution in [3.8, 4) is 0 Å². The average Bonchev–Trinajstić information content (AvgIpc) is 3.21. The van der Waals surface area contributed by atoms with E-state index in [9.17, 15) is 26.7 Å². The Bertz CT molecular complexity index is 1060. The second-order valence-electron chi connectivity index (χ2n) is 9.80. The van der Waals surface area contributed by atoms with Crippen molar-refractivity contribution in [1.29, 1.82) is 0 Å². The molecule has 4 rings (SSSR count). The molecular formula is C23H31F5N6O. The first-order valence-electron chi connectivity index (χ1n) is 12.0. The predicted molar refractivity (Wildman–Crippen MR) is 120 cm³/mol. The van der Waals surface area contributed by atoms with E-state index in [4.69, 9.17) is 5.73 Å². The maximum absolute atomic E-state index is 13.6. The highest BCUT2D eigenvalue weighted by atomic mass is 19.4. The fraction of sp³-hybridized carbons (Fsp3) is 0.696. The van der Waals surface area contributed by atoms with Crippen LogP contribution in [0.2, 0.25) is 0 Å². The summed E-state index contributed by atoms with van der Waals surface area (Å²) in [6, 6.07) is 1.25. The lowest BCUT2D eigenvalue weighted by Gasteiger charge is -2.31. The summed E-state index contributed by atoms with van der Waals surface area (Å²) in [5, 5.41) is 6.99. The highest BCUT2D eigenvalue weighted by Gasteiger charge is 2.45. The van der Waals surface area contributed by atoms with E-state index in [-0.39, 0.29) is 31.6 Å². The van der Waals surface area contributed by atoms with Gasteiger partial charge in [0.05, 0.1) is 35.2 Å². The number of nitrogens with one attached hydrogen (secondary N) is 1. The van der Waals surface area contributed by atoms with Crippen LogP contribution >= 0.6 is 0 Å². The molecule has 1 unspecified atom stereocenters. The highest BCUT2D eigenvalue weighted by molar-refractivity contribution is 5.80. The molecule has 12 heteroatoms. The van der Waals surface area contributed by atoms with Crippen LogP contribution in [-0.2, 0) is 11.2 Å². The summed E-state index contributed by atoms with van der Waals surface area (Å²) in [4.78, 5) is 18.9. The third-order valence-electron chi connectivity index (χ3n) is 7.38. The van der Waals surface area contributed by atoms with E-state index in [0.717, 1.165) is 0 Å². The van der Waals surface area contributed by atoms with E-state index < -0.39 is 42.4 Å². The second-order valence-corrected chi connectivity index (χ2v) is 9.80. The maximum atomic E-state index is 13.6. The molecule has 2 fully saturated rings. The van der Waals surface area contributed by atoms with Gasteiger partial charge in [0.1, 0.15) is 0 Å². The average molecular weight is 503 g/mol. The molecule has 0 radical (unpaired) electrons. The number of carbonyl (C=O) groups is 1. The van der Waals surface area contributed by atoms with Crippen molar-refractivity contribution in [2.75, 3.05) is 25.0 Å². The number of anilines is 1. The Hall–Kier alpha value is -2.50. The van der Waals surface area contributed by atoms with Gasteiger partial charge in [0.15, 0.2) is 5.65 Å². The summed E-state index contributed by atoms with van der Waals surface area (Å²) in [7, 11) is 1.83. The zero-order valence-corrected chi connectivity index (χ0v) is 19.8. The van der Waals surface area contributed by atoms with Gasteiger partial charge in [0, 0.05) is 51.4 Å². The minimum Gasteiger partial charge on any atom is -0.373 e. The van der Waals surface area contributed by atoms with Crippen molar-refractivity contribution in [2.24, 2.45) is 23.5 Å². The number of nitrogens with zero attached hydrogens (tertiary/aromatic N) is 4. The van der Waals surface area contributed by atoms with Crippen LogP contribution in [0.5, 0.6) is 0 Å². The number of piperidine rings is 1. The Balaban J connectivity index is 1.61. The molecule has 3 heterocycles. The number of aromatic nitrogens is 3. The smallest absolute Gasteiger partial charge is 0.373 e. The van der Waals surface area contributed by atoms with Gasteiger partial charge in [-0.05, 0) is 32.1 Å². The number of amides is 1. The van der Waals surface area contributed by atoms with Crippen molar-refractivity contribution in [3.05, 3.63) is 23.7 Å². The van der Waals surface area contributed by atoms with Crippen LogP contribution in [0.1, 0.15) is 56.5 Å². The van der Waals surface area contributed by atoms with Crippen LogP contribution in [0.4, 0.5) is 27.6 Å². The second kappa shape index (κ2) is 9.51. The molecule has 1 saturated carbocycles. The number of fused-ring (bicyclic) bond motifs is 1. The van der Waals surface area contributed by atoms with Crippen LogP contribution < -0.4 is 16.0 Å². The lowest BCUT2D eigenvalue weighted by Crippen LogP contribution is -2.47. The molecule has 1 amide bonds. The van der Waals surface area contributed by atoms with Crippen molar-refractivity contribution in [2.45, 2.75) is 63.6 Å². The Morgan fingerprint density at radius 3 is 2.63 bits per heavy atom. The fourth-order valence-electron chi connectivity index (χ4n) is 5.00. The molecule has 0 aromatic carbocycles. The van der Waals surface area contributed by atoms with Crippen LogP contribution in [-0.4, -0.2) is 52.7 Å². The van der Waals surface area contributed by atoms with Gasteiger partial charge in [-0.1, -0.05) is 0 Å². The largest absolute Gasteiger partial charge is 0.393 e. The van der Waals surface area contributed by atoms with Gasteiger partial charge in [-0.25, -0.2) is 18.3 Å². The number of nitrogens with two attached hydrogens (primary N) is 1. The lowest BCUT2D eigenvalue weighted by molar-refractivity contribution is -0.183. The van der Waals surface area contributed by atoms with Crippen molar-refractivity contribution >= 4 is 17.2 Å². The maximum Gasteiger partial charge on any atom is 0.393 e. The molecule has 7 nitrogen and oxygen atoms in total. The Labute approximate surface area is 200 Å². The molecule has 0 spiro atoms. The zero-order chi connectivity index (χ0) is 25.5. The zero-order valence-electron chi connectivity index (χ0n) is 19.8. The summed E-state index contributed by atoms with van der Waals surface area (Å²) in [6.45, 7) is 2.12. The quantitative estimate of drug-likeness (QED) is 0.586. The molecule has 35 heavy (non-hydrogen) atoms. The molecular weight excluding hydrogens is 471 g/mol. The fourth-order valence-corrected chi connectivity index (χ4v) is 5.00. The predicted octanol–water partition coefficient (Wildman–Crippen LogP) is 3.87. The molecule has 2 aromatic heterocycles. The van der Waals surface area contributed by atoms with Crippen LogP contribution in [0, 0.1) is 17.8 Å². The summed E-state index contributed by atoms with van der Waals surface area (Å²) in [5.41, 5.74) is 8.57. The molecule has 2 aliphatic rings. The SMILES string of the molecule is CCN(C)c1cc2nc([C@@H](N)C3CCC(F)(F)CC3)cn2nc1CC1C[C@@H](C(F)(F)F)CNC1=O. The minimum absolute atomic E-state index is 0.0469. The molecule has 194 valence electrons. The molecule has 1 aliphatic heterocycles. The first-order chi connectivity index (χ1) is 16.4. The monoisotopic (exact) mass is 502 g/mol. The summed E-state index contributed by atoms with van der Waals surface area (Å²) >= 11 is 0. The number of carbonyl (C=O) groups excluding carboxylic acids is 1.